The Kier molecular flexibility index (Phi) is 3.84. The van der Waals surface area contributed by atoms with E-state index in [0.717, 1.165) is 24.8 Å². The standard InChI is InChI=1S/C19H15FN4/c20-13-7-5-12(6-8-13)17-14-3-1-2-4-15(14)18(24)16(9-21)19(17,10-22)11-23/h4-8,14,17H,1-3,24H2/t14-,17-/m1/s1. The Hall–Kier alpha value is -3.10. The van der Waals surface area contributed by atoms with Gasteiger partial charge in [-0.3, -0.25) is 0 Å². The molecule has 2 aliphatic rings. The minimum atomic E-state index is -1.66. The third-order valence-electron chi connectivity index (χ3n) is 5.02. The maximum absolute atomic E-state index is 13.3. The number of hydrogen-bond acceptors (Lipinski definition) is 4. The summed E-state index contributed by atoms with van der Waals surface area (Å²) >= 11 is 0. The molecule has 118 valence electrons. The van der Waals surface area contributed by atoms with Crippen LogP contribution in [0.2, 0.25) is 0 Å². The molecule has 2 atom stereocenters. The first-order valence-corrected chi connectivity index (χ1v) is 7.77. The second-order valence-corrected chi connectivity index (χ2v) is 6.16. The third-order valence-corrected chi connectivity index (χ3v) is 5.02. The number of nitrogens with two attached hydrogens (primary N) is 1. The lowest BCUT2D eigenvalue weighted by Gasteiger charge is -2.43. The van der Waals surface area contributed by atoms with E-state index in [9.17, 15) is 20.2 Å². The smallest absolute Gasteiger partial charge is 0.187 e. The zero-order chi connectivity index (χ0) is 17.3. The third kappa shape index (κ3) is 2.08. The van der Waals surface area contributed by atoms with Gasteiger partial charge in [0.15, 0.2) is 5.41 Å². The molecule has 3 rings (SSSR count). The van der Waals surface area contributed by atoms with E-state index >= 15 is 0 Å². The molecule has 2 N–H and O–H groups in total. The SMILES string of the molecule is N#CC1=C(N)C2=CCCC[C@H]2[C@@H](c2ccc(F)cc2)C1(C#N)C#N. The number of halogens is 1. The molecule has 0 radical (unpaired) electrons. The van der Waals surface area contributed by atoms with E-state index in [-0.39, 0.29) is 23.0 Å². The Morgan fingerprint density at radius 3 is 2.38 bits per heavy atom. The summed E-state index contributed by atoms with van der Waals surface area (Å²) in [4.78, 5) is 0. The van der Waals surface area contributed by atoms with Crippen LogP contribution in [0.4, 0.5) is 4.39 Å². The van der Waals surface area contributed by atoms with Gasteiger partial charge in [-0.25, -0.2) is 4.39 Å². The zero-order valence-electron chi connectivity index (χ0n) is 13.0. The summed E-state index contributed by atoms with van der Waals surface area (Å²) in [6, 6.07) is 11.9. The number of nitrogens with zero attached hydrogens (tertiary/aromatic N) is 3. The summed E-state index contributed by atoms with van der Waals surface area (Å²) in [5, 5.41) is 29.2. The van der Waals surface area contributed by atoms with E-state index in [1.54, 1.807) is 12.1 Å². The molecule has 1 aromatic rings. The highest BCUT2D eigenvalue weighted by atomic mass is 19.1. The summed E-state index contributed by atoms with van der Waals surface area (Å²) in [6.07, 6.45) is 4.55. The fraction of sp³-hybridized carbons (Fsp3) is 0.316. The molecule has 0 aromatic heterocycles. The van der Waals surface area contributed by atoms with Gasteiger partial charge < -0.3 is 5.73 Å². The van der Waals surface area contributed by atoms with Crippen molar-refractivity contribution in [3.8, 4) is 18.2 Å². The lowest BCUT2D eigenvalue weighted by atomic mass is 9.56. The molecule has 2 aliphatic carbocycles. The van der Waals surface area contributed by atoms with Gasteiger partial charge in [0.1, 0.15) is 5.82 Å². The van der Waals surface area contributed by atoms with Crippen molar-refractivity contribution in [1.29, 1.82) is 15.8 Å². The molecule has 4 nitrogen and oxygen atoms in total. The van der Waals surface area contributed by atoms with Crippen LogP contribution in [0.5, 0.6) is 0 Å². The topological polar surface area (TPSA) is 97.4 Å². The summed E-state index contributed by atoms with van der Waals surface area (Å²) in [7, 11) is 0. The number of hydrogen-bond donors (Lipinski definition) is 1. The Balaban J connectivity index is 2.32. The van der Waals surface area contributed by atoms with E-state index in [1.165, 1.54) is 12.1 Å². The van der Waals surface area contributed by atoms with Crippen molar-refractivity contribution in [3.05, 3.63) is 58.6 Å². The van der Waals surface area contributed by atoms with Crippen molar-refractivity contribution in [2.75, 3.05) is 0 Å². The van der Waals surface area contributed by atoms with E-state index in [2.05, 4.69) is 12.1 Å². The monoisotopic (exact) mass is 318 g/mol. The van der Waals surface area contributed by atoms with Gasteiger partial charge in [0, 0.05) is 5.92 Å². The Morgan fingerprint density at radius 2 is 1.79 bits per heavy atom. The maximum Gasteiger partial charge on any atom is 0.187 e. The molecule has 0 saturated carbocycles. The first-order chi connectivity index (χ1) is 11.6. The Morgan fingerprint density at radius 1 is 1.12 bits per heavy atom. The fourth-order valence-electron chi connectivity index (χ4n) is 3.95. The molecule has 0 aliphatic heterocycles. The molecular formula is C19H15FN4. The average molecular weight is 318 g/mol. The van der Waals surface area contributed by atoms with Gasteiger partial charge in [-0.2, -0.15) is 15.8 Å². The number of nitriles is 3. The molecular weight excluding hydrogens is 303 g/mol. The van der Waals surface area contributed by atoms with Gasteiger partial charge in [0.2, 0.25) is 0 Å². The summed E-state index contributed by atoms with van der Waals surface area (Å²) < 4.78 is 13.3. The van der Waals surface area contributed by atoms with Crippen molar-refractivity contribution in [2.45, 2.75) is 25.2 Å². The van der Waals surface area contributed by atoms with Gasteiger partial charge >= 0.3 is 0 Å². The van der Waals surface area contributed by atoms with Crippen molar-refractivity contribution in [2.24, 2.45) is 17.1 Å². The van der Waals surface area contributed by atoms with E-state index in [0.29, 0.717) is 5.56 Å². The highest BCUT2D eigenvalue weighted by Crippen LogP contribution is 2.55. The van der Waals surface area contributed by atoms with Crippen LogP contribution in [0.1, 0.15) is 30.7 Å². The second-order valence-electron chi connectivity index (χ2n) is 6.16. The molecule has 24 heavy (non-hydrogen) atoms. The second kappa shape index (κ2) is 5.84. The minimum Gasteiger partial charge on any atom is -0.398 e. The lowest BCUT2D eigenvalue weighted by molar-refractivity contribution is 0.322. The fourth-order valence-corrected chi connectivity index (χ4v) is 3.95. The van der Waals surface area contributed by atoms with Crippen molar-refractivity contribution >= 4 is 0 Å². The van der Waals surface area contributed by atoms with Gasteiger partial charge in [0.05, 0.1) is 29.5 Å². The van der Waals surface area contributed by atoms with Crippen LogP contribution < -0.4 is 5.73 Å². The van der Waals surface area contributed by atoms with Gasteiger partial charge in [-0.05, 0) is 48.4 Å². The molecule has 0 amide bonds. The largest absolute Gasteiger partial charge is 0.398 e. The molecule has 5 heteroatoms. The van der Waals surface area contributed by atoms with Crippen molar-refractivity contribution < 1.29 is 4.39 Å². The van der Waals surface area contributed by atoms with Crippen molar-refractivity contribution in [1.82, 2.24) is 0 Å². The van der Waals surface area contributed by atoms with Crippen LogP contribution in [0.15, 0.2) is 47.2 Å². The maximum atomic E-state index is 13.3. The van der Waals surface area contributed by atoms with Crippen LogP contribution in [-0.2, 0) is 0 Å². The zero-order valence-corrected chi connectivity index (χ0v) is 13.0. The average Bonchev–Trinajstić information content (AvgIpc) is 2.62. The first-order valence-electron chi connectivity index (χ1n) is 7.77. The van der Waals surface area contributed by atoms with Gasteiger partial charge in [-0.1, -0.05) is 18.2 Å². The minimum absolute atomic E-state index is 0.00576. The van der Waals surface area contributed by atoms with E-state index in [4.69, 9.17) is 5.73 Å². The predicted molar refractivity (Wildman–Crippen MR) is 85.1 cm³/mol. The normalized spacial score (nSPS) is 24.8. The summed E-state index contributed by atoms with van der Waals surface area (Å²) in [5.41, 5.74) is 6.28. The summed E-state index contributed by atoms with van der Waals surface area (Å²) in [5.74, 6) is -1.05. The Labute approximate surface area is 139 Å². The molecule has 0 unspecified atom stereocenters. The number of fused-ring (bicyclic) bond motifs is 1. The van der Waals surface area contributed by atoms with Crippen LogP contribution in [0.25, 0.3) is 0 Å². The molecule has 0 heterocycles. The number of benzene rings is 1. The highest BCUT2D eigenvalue weighted by Gasteiger charge is 2.54. The van der Waals surface area contributed by atoms with Crippen LogP contribution in [0, 0.1) is 51.1 Å². The quantitative estimate of drug-likeness (QED) is 0.857. The van der Waals surface area contributed by atoms with Crippen LogP contribution >= 0.6 is 0 Å². The lowest BCUT2D eigenvalue weighted by Crippen LogP contribution is -2.41. The molecule has 0 bridgehead atoms. The molecule has 0 saturated heterocycles. The molecule has 0 spiro atoms. The highest BCUT2D eigenvalue weighted by molar-refractivity contribution is 5.58. The van der Waals surface area contributed by atoms with Crippen LogP contribution in [-0.4, -0.2) is 0 Å². The van der Waals surface area contributed by atoms with E-state index < -0.39 is 11.3 Å². The van der Waals surface area contributed by atoms with Crippen molar-refractivity contribution in [3.63, 3.8) is 0 Å². The number of allylic oxidation sites excluding steroid dienone is 3. The Bertz CT molecular complexity index is 845. The van der Waals surface area contributed by atoms with Crippen LogP contribution in [0.3, 0.4) is 0 Å². The molecule has 1 aromatic carbocycles. The summed E-state index contributed by atoms with van der Waals surface area (Å²) in [6.45, 7) is 0. The van der Waals surface area contributed by atoms with Gasteiger partial charge in [-0.15, -0.1) is 0 Å². The predicted octanol–water partition coefficient (Wildman–Crippen LogP) is 3.42. The van der Waals surface area contributed by atoms with E-state index in [1.807, 2.05) is 12.1 Å². The van der Waals surface area contributed by atoms with Gasteiger partial charge in [0.25, 0.3) is 0 Å². The molecule has 0 fully saturated rings. The number of rotatable bonds is 1. The first kappa shape index (κ1) is 15.8.